The maximum Gasteiger partial charge on any atom is 0.245 e. The standard InChI is InChI=1S/C9H13N3O3S/c13-9-7-12(5-1-3-11-9)16(14,15)8-2-4-10-6-8/h2,4,6,10H,1,3,5,7H2,(H,11,13). The van der Waals surface area contributed by atoms with Crippen LogP contribution in [0, 0.1) is 0 Å². The normalized spacial score (nSPS) is 19.1. The van der Waals surface area contributed by atoms with E-state index in [0.29, 0.717) is 19.5 Å². The van der Waals surface area contributed by atoms with Gasteiger partial charge in [0.05, 0.1) is 11.4 Å². The van der Waals surface area contributed by atoms with Crippen molar-refractivity contribution in [1.82, 2.24) is 14.6 Å². The summed E-state index contributed by atoms with van der Waals surface area (Å²) in [5, 5.41) is 2.64. The van der Waals surface area contributed by atoms with E-state index in [4.69, 9.17) is 0 Å². The molecular weight excluding hydrogens is 230 g/mol. The Morgan fingerprint density at radius 3 is 2.88 bits per heavy atom. The maximum absolute atomic E-state index is 12.1. The van der Waals surface area contributed by atoms with E-state index < -0.39 is 10.0 Å². The fourth-order valence-electron chi connectivity index (χ4n) is 1.60. The van der Waals surface area contributed by atoms with Crippen LogP contribution in [0.25, 0.3) is 0 Å². The number of H-pyrrole nitrogens is 1. The van der Waals surface area contributed by atoms with Crippen LogP contribution in [-0.2, 0) is 14.8 Å². The first-order valence-electron chi connectivity index (χ1n) is 5.00. The first-order valence-corrected chi connectivity index (χ1v) is 6.44. The van der Waals surface area contributed by atoms with Gasteiger partial charge in [-0.25, -0.2) is 8.42 Å². The summed E-state index contributed by atoms with van der Waals surface area (Å²) < 4.78 is 25.4. The fraction of sp³-hybridized carbons (Fsp3) is 0.444. The number of aromatic nitrogens is 1. The van der Waals surface area contributed by atoms with Gasteiger partial charge in [-0.3, -0.25) is 4.79 Å². The van der Waals surface area contributed by atoms with Gasteiger partial charge in [0.1, 0.15) is 0 Å². The van der Waals surface area contributed by atoms with E-state index in [0.717, 1.165) is 0 Å². The number of rotatable bonds is 2. The Morgan fingerprint density at radius 1 is 1.38 bits per heavy atom. The lowest BCUT2D eigenvalue weighted by atomic mass is 10.4. The highest BCUT2D eigenvalue weighted by Gasteiger charge is 2.27. The molecule has 0 aromatic carbocycles. The van der Waals surface area contributed by atoms with E-state index in [9.17, 15) is 13.2 Å². The summed E-state index contributed by atoms with van der Waals surface area (Å²) in [7, 11) is -3.53. The Hall–Kier alpha value is -1.34. The number of aromatic amines is 1. The van der Waals surface area contributed by atoms with Crippen molar-refractivity contribution < 1.29 is 13.2 Å². The van der Waals surface area contributed by atoms with Gasteiger partial charge >= 0.3 is 0 Å². The molecule has 0 unspecified atom stereocenters. The summed E-state index contributed by atoms with van der Waals surface area (Å²) in [5.41, 5.74) is 0. The third-order valence-electron chi connectivity index (χ3n) is 2.43. The highest BCUT2D eigenvalue weighted by Crippen LogP contribution is 2.15. The molecule has 0 spiro atoms. The highest BCUT2D eigenvalue weighted by atomic mass is 32.2. The van der Waals surface area contributed by atoms with Gasteiger partial charge in [0.15, 0.2) is 0 Å². The molecule has 0 saturated carbocycles. The van der Waals surface area contributed by atoms with E-state index in [1.807, 2.05) is 0 Å². The van der Waals surface area contributed by atoms with Crippen molar-refractivity contribution in [2.75, 3.05) is 19.6 Å². The monoisotopic (exact) mass is 243 g/mol. The van der Waals surface area contributed by atoms with E-state index in [2.05, 4.69) is 10.3 Å². The van der Waals surface area contributed by atoms with Gasteiger partial charge in [0, 0.05) is 25.5 Å². The Bertz CT molecular complexity index is 466. The Kier molecular flexibility index (Phi) is 2.97. The number of nitrogens with zero attached hydrogens (tertiary/aromatic N) is 1. The lowest BCUT2D eigenvalue weighted by Crippen LogP contribution is -2.37. The van der Waals surface area contributed by atoms with E-state index in [-0.39, 0.29) is 17.3 Å². The molecule has 88 valence electrons. The molecule has 6 nitrogen and oxygen atoms in total. The zero-order valence-electron chi connectivity index (χ0n) is 8.64. The van der Waals surface area contributed by atoms with Crippen molar-refractivity contribution in [2.45, 2.75) is 11.3 Å². The van der Waals surface area contributed by atoms with Gasteiger partial charge in [-0.1, -0.05) is 0 Å². The van der Waals surface area contributed by atoms with Crippen LogP contribution in [0.4, 0.5) is 0 Å². The van der Waals surface area contributed by atoms with Gasteiger partial charge < -0.3 is 10.3 Å². The van der Waals surface area contributed by atoms with E-state index >= 15 is 0 Å². The Balaban J connectivity index is 2.26. The van der Waals surface area contributed by atoms with Gasteiger partial charge in [0.2, 0.25) is 15.9 Å². The molecule has 1 aromatic rings. The molecule has 1 aliphatic heterocycles. The van der Waals surface area contributed by atoms with Crippen molar-refractivity contribution in [3.63, 3.8) is 0 Å². The van der Waals surface area contributed by atoms with E-state index in [1.165, 1.54) is 16.6 Å². The molecule has 1 amide bonds. The third kappa shape index (κ3) is 2.10. The minimum Gasteiger partial charge on any atom is -0.366 e. The molecule has 16 heavy (non-hydrogen) atoms. The predicted molar refractivity (Wildman–Crippen MR) is 57.2 cm³/mol. The topological polar surface area (TPSA) is 82.3 Å². The Morgan fingerprint density at radius 2 is 2.19 bits per heavy atom. The van der Waals surface area contributed by atoms with E-state index in [1.54, 1.807) is 6.20 Å². The van der Waals surface area contributed by atoms with Crippen molar-refractivity contribution in [2.24, 2.45) is 0 Å². The summed E-state index contributed by atoms with van der Waals surface area (Å²) in [6.45, 7) is 0.789. The number of carbonyl (C=O) groups excluding carboxylic acids is 1. The molecule has 0 radical (unpaired) electrons. The fourth-order valence-corrected chi connectivity index (χ4v) is 3.01. The van der Waals surface area contributed by atoms with Gasteiger partial charge in [0.25, 0.3) is 0 Å². The van der Waals surface area contributed by atoms with Gasteiger partial charge in [-0.2, -0.15) is 4.31 Å². The SMILES string of the molecule is O=C1CN(S(=O)(=O)c2cc[nH]c2)CCCN1. The lowest BCUT2D eigenvalue weighted by Gasteiger charge is -2.17. The highest BCUT2D eigenvalue weighted by molar-refractivity contribution is 7.89. The summed E-state index contributed by atoms with van der Waals surface area (Å²) in [6, 6.07) is 1.48. The van der Waals surface area contributed by atoms with Crippen LogP contribution < -0.4 is 5.32 Å². The zero-order chi connectivity index (χ0) is 11.6. The minimum absolute atomic E-state index is 0.104. The average molecular weight is 243 g/mol. The minimum atomic E-state index is -3.53. The second kappa shape index (κ2) is 4.26. The average Bonchev–Trinajstić information content (AvgIpc) is 2.68. The molecule has 1 fully saturated rings. The molecule has 2 rings (SSSR count). The summed E-state index contributed by atoms with van der Waals surface area (Å²) in [6.07, 6.45) is 3.60. The largest absolute Gasteiger partial charge is 0.366 e. The molecule has 2 heterocycles. The molecule has 0 aliphatic carbocycles. The summed E-state index contributed by atoms with van der Waals surface area (Å²) in [5.74, 6) is -0.253. The first kappa shape index (κ1) is 11.2. The van der Waals surface area contributed by atoms with Crippen LogP contribution in [0.2, 0.25) is 0 Å². The number of hydrogen-bond acceptors (Lipinski definition) is 3. The van der Waals surface area contributed by atoms with Crippen molar-refractivity contribution in [1.29, 1.82) is 0 Å². The van der Waals surface area contributed by atoms with Gasteiger partial charge in [-0.05, 0) is 12.5 Å². The van der Waals surface area contributed by atoms with Crippen LogP contribution in [0.15, 0.2) is 23.4 Å². The maximum atomic E-state index is 12.1. The predicted octanol–water partition coefficient (Wildman–Crippen LogP) is -0.475. The van der Waals surface area contributed by atoms with Crippen LogP contribution in [0.5, 0.6) is 0 Å². The van der Waals surface area contributed by atoms with Crippen molar-refractivity contribution in [3.05, 3.63) is 18.5 Å². The quantitative estimate of drug-likeness (QED) is 0.736. The van der Waals surface area contributed by atoms with Crippen molar-refractivity contribution in [3.8, 4) is 0 Å². The molecule has 1 aliphatic rings. The molecule has 0 atom stereocenters. The van der Waals surface area contributed by atoms with Gasteiger partial charge in [-0.15, -0.1) is 0 Å². The van der Waals surface area contributed by atoms with Crippen LogP contribution in [-0.4, -0.2) is 43.2 Å². The Labute approximate surface area is 93.7 Å². The smallest absolute Gasteiger partial charge is 0.245 e. The van der Waals surface area contributed by atoms with Crippen LogP contribution in [0.1, 0.15) is 6.42 Å². The number of sulfonamides is 1. The molecule has 0 bridgehead atoms. The lowest BCUT2D eigenvalue weighted by molar-refractivity contribution is -0.120. The zero-order valence-corrected chi connectivity index (χ0v) is 9.46. The second-order valence-corrected chi connectivity index (χ2v) is 5.53. The summed E-state index contributed by atoms with van der Waals surface area (Å²) >= 11 is 0. The van der Waals surface area contributed by atoms with Crippen LogP contribution >= 0.6 is 0 Å². The summed E-state index contributed by atoms with van der Waals surface area (Å²) in [4.78, 5) is 14.2. The van der Waals surface area contributed by atoms with Crippen LogP contribution in [0.3, 0.4) is 0 Å². The first-order chi connectivity index (χ1) is 7.60. The number of carbonyl (C=O) groups is 1. The number of amides is 1. The molecule has 1 aromatic heterocycles. The molecule has 7 heteroatoms. The molecule has 2 N–H and O–H groups in total. The molecular formula is C9H13N3O3S. The second-order valence-electron chi connectivity index (χ2n) is 3.59. The van der Waals surface area contributed by atoms with Crippen molar-refractivity contribution >= 4 is 15.9 Å². The third-order valence-corrected chi connectivity index (χ3v) is 4.27. The number of hydrogen-bond donors (Lipinski definition) is 2. The molecule has 1 saturated heterocycles. The number of nitrogens with one attached hydrogen (secondary N) is 2.